The number of anilines is 2. The Balaban J connectivity index is 1.74. The van der Waals surface area contributed by atoms with Crippen LogP contribution in [-0.2, 0) is 21.2 Å². The van der Waals surface area contributed by atoms with Crippen molar-refractivity contribution in [2.75, 3.05) is 21.5 Å². The minimum absolute atomic E-state index is 0.143. The maximum atomic E-state index is 13.1. The first kappa shape index (κ1) is 18.0. The predicted octanol–water partition coefficient (Wildman–Crippen LogP) is 2.86. The van der Waals surface area contributed by atoms with E-state index in [4.69, 9.17) is 11.6 Å². The topological polar surface area (TPSA) is 74.8 Å². The van der Waals surface area contributed by atoms with Gasteiger partial charge in [-0.25, -0.2) is 12.7 Å². The van der Waals surface area contributed by atoms with Crippen molar-refractivity contribution in [3.63, 3.8) is 0 Å². The third-order valence-electron chi connectivity index (χ3n) is 4.91. The summed E-state index contributed by atoms with van der Waals surface area (Å²) < 4.78 is 25.5. The molecule has 0 spiro atoms. The number of carbonyl (C=O) groups excluding carboxylic acids is 2. The van der Waals surface area contributed by atoms with Crippen LogP contribution in [0.4, 0.5) is 11.4 Å². The molecule has 1 atom stereocenters. The highest BCUT2D eigenvalue weighted by atomic mass is 35.5. The van der Waals surface area contributed by atoms with Gasteiger partial charge in [-0.15, -0.1) is 0 Å². The molecule has 4 rings (SSSR count). The predicted molar refractivity (Wildman–Crippen MR) is 104 cm³/mol. The fourth-order valence-corrected chi connectivity index (χ4v) is 5.60. The zero-order valence-corrected chi connectivity index (χ0v) is 16.1. The van der Waals surface area contributed by atoms with Crippen molar-refractivity contribution < 1.29 is 18.0 Å². The Labute approximate surface area is 162 Å². The van der Waals surface area contributed by atoms with Crippen molar-refractivity contribution >= 4 is 44.8 Å². The standard InChI is InChI=1S/C19H17ClN2O4S/c1-12-11-27(25,26)22(18(12)23)14-6-7-16(20)15(10-14)19(24)21-9-8-13-4-2-3-5-17(13)21/h2-7,10,12H,8-9,11H2,1H3. The second-order valence-electron chi connectivity index (χ2n) is 6.78. The van der Waals surface area contributed by atoms with E-state index in [0.29, 0.717) is 6.54 Å². The monoisotopic (exact) mass is 404 g/mol. The van der Waals surface area contributed by atoms with Gasteiger partial charge in [0.25, 0.3) is 5.91 Å². The van der Waals surface area contributed by atoms with Gasteiger partial charge in [0.05, 0.1) is 27.9 Å². The molecule has 1 fully saturated rings. The minimum atomic E-state index is -3.75. The van der Waals surface area contributed by atoms with Gasteiger partial charge in [0, 0.05) is 12.2 Å². The van der Waals surface area contributed by atoms with Gasteiger partial charge in [-0.05, 0) is 36.2 Å². The number of nitrogens with zero attached hydrogens (tertiary/aromatic N) is 2. The minimum Gasteiger partial charge on any atom is -0.308 e. The molecular formula is C19H17ClN2O4S. The number of rotatable bonds is 2. The van der Waals surface area contributed by atoms with E-state index in [1.807, 2.05) is 24.3 Å². The lowest BCUT2D eigenvalue weighted by Gasteiger charge is -2.20. The van der Waals surface area contributed by atoms with Crippen LogP contribution < -0.4 is 9.21 Å². The summed E-state index contributed by atoms with van der Waals surface area (Å²) in [6.07, 6.45) is 0.746. The Morgan fingerprint density at radius 3 is 2.63 bits per heavy atom. The number of sulfonamides is 1. The zero-order chi connectivity index (χ0) is 19.3. The zero-order valence-electron chi connectivity index (χ0n) is 14.6. The Kier molecular flexibility index (Phi) is 4.24. The average Bonchev–Trinajstić information content (AvgIpc) is 3.14. The number of halogens is 1. The van der Waals surface area contributed by atoms with E-state index < -0.39 is 21.8 Å². The molecule has 1 saturated heterocycles. The largest absolute Gasteiger partial charge is 0.308 e. The quantitative estimate of drug-likeness (QED) is 0.771. The van der Waals surface area contributed by atoms with Crippen molar-refractivity contribution in [2.24, 2.45) is 5.92 Å². The fraction of sp³-hybridized carbons (Fsp3) is 0.263. The van der Waals surface area contributed by atoms with E-state index in [0.717, 1.165) is 22.0 Å². The van der Waals surface area contributed by atoms with E-state index in [1.54, 1.807) is 11.8 Å². The molecule has 2 heterocycles. The van der Waals surface area contributed by atoms with E-state index >= 15 is 0 Å². The van der Waals surface area contributed by atoms with Crippen LogP contribution in [0.1, 0.15) is 22.8 Å². The molecule has 0 aromatic heterocycles. The van der Waals surface area contributed by atoms with Crippen LogP contribution in [0, 0.1) is 5.92 Å². The van der Waals surface area contributed by atoms with Gasteiger partial charge in [-0.1, -0.05) is 36.7 Å². The van der Waals surface area contributed by atoms with Gasteiger partial charge in [-0.2, -0.15) is 0 Å². The molecule has 2 aromatic rings. The second kappa shape index (κ2) is 6.35. The SMILES string of the molecule is CC1CS(=O)(=O)N(c2ccc(Cl)c(C(=O)N3CCc4ccccc43)c2)C1=O. The Bertz CT molecular complexity index is 1070. The molecule has 8 heteroatoms. The van der Waals surface area contributed by atoms with E-state index in [2.05, 4.69) is 0 Å². The molecule has 0 N–H and O–H groups in total. The van der Waals surface area contributed by atoms with Crippen LogP contribution in [0.15, 0.2) is 42.5 Å². The van der Waals surface area contributed by atoms with Crippen molar-refractivity contribution in [1.29, 1.82) is 0 Å². The molecule has 1 unspecified atom stereocenters. The summed E-state index contributed by atoms with van der Waals surface area (Å²) in [7, 11) is -3.75. The number of hydrogen-bond donors (Lipinski definition) is 0. The van der Waals surface area contributed by atoms with Crippen LogP contribution in [-0.4, -0.2) is 32.5 Å². The maximum absolute atomic E-state index is 13.1. The van der Waals surface area contributed by atoms with Crippen LogP contribution >= 0.6 is 11.6 Å². The molecule has 2 aromatic carbocycles. The van der Waals surface area contributed by atoms with E-state index in [9.17, 15) is 18.0 Å². The van der Waals surface area contributed by atoms with Crippen molar-refractivity contribution in [2.45, 2.75) is 13.3 Å². The van der Waals surface area contributed by atoms with Crippen LogP contribution in [0.3, 0.4) is 0 Å². The van der Waals surface area contributed by atoms with Crippen molar-refractivity contribution in [3.8, 4) is 0 Å². The molecular weight excluding hydrogens is 388 g/mol. The normalized spacial score (nSPS) is 20.8. The summed E-state index contributed by atoms with van der Waals surface area (Å²) in [6, 6.07) is 11.9. The molecule has 0 aliphatic carbocycles. The van der Waals surface area contributed by atoms with Gasteiger partial charge in [0.2, 0.25) is 15.9 Å². The number of para-hydroxylation sites is 1. The van der Waals surface area contributed by atoms with Gasteiger partial charge >= 0.3 is 0 Å². The highest BCUT2D eigenvalue weighted by Gasteiger charge is 2.42. The molecule has 0 saturated carbocycles. The molecule has 2 amide bonds. The summed E-state index contributed by atoms with van der Waals surface area (Å²) in [5.74, 6) is -1.67. The molecule has 0 bridgehead atoms. The highest BCUT2D eigenvalue weighted by molar-refractivity contribution is 7.94. The molecule has 27 heavy (non-hydrogen) atoms. The Hall–Kier alpha value is -2.38. The van der Waals surface area contributed by atoms with Gasteiger partial charge < -0.3 is 4.90 Å². The first-order valence-electron chi connectivity index (χ1n) is 8.56. The van der Waals surface area contributed by atoms with E-state index in [1.165, 1.54) is 18.2 Å². The highest BCUT2D eigenvalue weighted by Crippen LogP contribution is 2.34. The number of fused-ring (bicyclic) bond motifs is 1. The second-order valence-corrected chi connectivity index (χ2v) is 9.05. The fourth-order valence-electron chi connectivity index (χ4n) is 3.58. The first-order chi connectivity index (χ1) is 12.8. The smallest absolute Gasteiger partial charge is 0.259 e. The summed E-state index contributed by atoms with van der Waals surface area (Å²) in [5, 5.41) is 0.213. The van der Waals surface area contributed by atoms with E-state index in [-0.39, 0.29) is 27.9 Å². The third kappa shape index (κ3) is 2.91. The molecule has 2 aliphatic heterocycles. The van der Waals surface area contributed by atoms with Crippen molar-refractivity contribution in [1.82, 2.24) is 0 Å². The van der Waals surface area contributed by atoms with Crippen molar-refractivity contribution in [3.05, 3.63) is 58.6 Å². The van der Waals surface area contributed by atoms with Gasteiger partial charge in [0.1, 0.15) is 0 Å². The summed E-state index contributed by atoms with van der Waals surface area (Å²) in [6.45, 7) is 2.10. The number of benzene rings is 2. The maximum Gasteiger partial charge on any atom is 0.259 e. The first-order valence-corrected chi connectivity index (χ1v) is 10.5. The van der Waals surface area contributed by atoms with Crippen LogP contribution in [0.5, 0.6) is 0 Å². The molecule has 2 aliphatic rings. The number of amides is 2. The summed E-state index contributed by atoms with van der Waals surface area (Å²) >= 11 is 6.24. The summed E-state index contributed by atoms with van der Waals surface area (Å²) in [5.41, 5.74) is 2.21. The third-order valence-corrected chi connectivity index (χ3v) is 7.11. The lowest BCUT2D eigenvalue weighted by Crippen LogP contribution is -2.32. The average molecular weight is 405 g/mol. The summed E-state index contributed by atoms with van der Waals surface area (Å²) in [4.78, 5) is 27.0. The lowest BCUT2D eigenvalue weighted by molar-refractivity contribution is -0.119. The lowest BCUT2D eigenvalue weighted by atomic mass is 10.1. The molecule has 0 radical (unpaired) electrons. The van der Waals surface area contributed by atoms with Gasteiger partial charge in [0.15, 0.2) is 0 Å². The Morgan fingerprint density at radius 2 is 1.93 bits per heavy atom. The Morgan fingerprint density at radius 1 is 1.19 bits per heavy atom. The van der Waals surface area contributed by atoms with Gasteiger partial charge in [-0.3, -0.25) is 9.59 Å². The van der Waals surface area contributed by atoms with Crippen LogP contribution in [0.25, 0.3) is 0 Å². The number of carbonyl (C=O) groups is 2. The molecule has 6 nitrogen and oxygen atoms in total. The van der Waals surface area contributed by atoms with Crippen LogP contribution in [0.2, 0.25) is 5.02 Å². The number of hydrogen-bond acceptors (Lipinski definition) is 4. The molecule has 140 valence electrons.